The molecule has 0 aliphatic rings. The molecule has 0 radical (unpaired) electrons. The van der Waals surface area contributed by atoms with E-state index in [9.17, 15) is 8.78 Å². The van der Waals surface area contributed by atoms with Gasteiger partial charge >= 0.3 is 0 Å². The van der Waals surface area contributed by atoms with Crippen LogP contribution in [-0.2, 0) is 6.54 Å². The minimum absolute atomic E-state index is 0.00212. The van der Waals surface area contributed by atoms with Gasteiger partial charge in [-0.15, -0.1) is 0 Å². The van der Waals surface area contributed by atoms with Crippen molar-refractivity contribution >= 4 is 5.69 Å². The zero-order chi connectivity index (χ0) is 14.5. The van der Waals surface area contributed by atoms with E-state index in [1.54, 1.807) is 25.3 Å². The van der Waals surface area contributed by atoms with Crippen LogP contribution in [0.25, 0.3) is 0 Å². The lowest BCUT2D eigenvalue weighted by Gasteiger charge is -2.12. The number of anilines is 1. The standard InChI is InChI=1S/C15H15F2NO2/c1-19-14-7-6-10(8-15(14)20-2)18-9-11-12(16)4-3-5-13(11)17/h3-8,18H,9H2,1-2H3. The summed E-state index contributed by atoms with van der Waals surface area (Å²) in [5.74, 6) is -0.00224. The van der Waals surface area contributed by atoms with E-state index in [0.29, 0.717) is 17.2 Å². The van der Waals surface area contributed by atoms with Crippen molar-refractivity contribution < 1.29 is 18.3 Å². The van der Waals surface area contributed by atoms with Gasteiger partial charge in [-0.25, -0.2) is 8.78 Å². The molecule has 5 heteroatoms. The second-order valence-corrected chi connectivity index (χ2v) is 4.12. The van der Waals surface area contributed by atoms with E-state index in [4.69, 9.17) is 9.47 Å². The number of rotatable bonds is 5. The van der Waals surface area contributed by atoms with Crippen LogP contribution in [0.2, 0.25) is 0 Å². The molecule has 0 unspecified atom stereocenters. The van der Waals surface area contributed by atoms with E-state index in [1.165, 1.54) is 25.3 Å². The molecule has 0 fully saturated rings. The predicted octanol–water partition coefficient (Wildman–Crippen LogP) is 3.59. The molecule has 0 aromatic heterocycles. The Kier molecular flexibility index (Phi) is 4.40. The van der Waals surface area contributed by atoms with Crippen molar-refractivity contribution in [1.82, 2.24) is 0 Å². The fraction of sp³-hybridized carbons (Fsp3) is 0.200. The summed E-state index contributed by atoms with van der Waals surface area (Å²) in [6.45, 7) is 0.0496. The highest BCUT2D eigenvalue weighted by molar-refractivity contribution is 5.55. The van der Waals surface area contributed by atoms with Gasteiger partial charge in [-0.2, -0.15) is 0 Å². The molecule has 0 atom stereocenters. The van der Waals surface area contributed by atoms with Crippen molar-refractivity contribution in [3.05, 3.63) is 53.6 Å². The molecule has 0 saturated heterocycles. The minimum atomic E-state index is -0.571. The van der Waals surface area contributed by atoms with Crippen LogP contribution in [-0.4, -0.2) is 14.2 Å². The number of hydrogen-bond donors (Lipinski definition) is 1. The lowest BCUT2D eigenvalue weighted by atomic mass is 10.2. The number of nitrogens with one attached hydrogen (secondary N) is 1. The van der Waals surface area contributed by atoms with Crippen molar-refractivity contribution in [1.29, 1.82) is 0 Å². The topological polar surface area (TPSA) is 30.5 Å². The molecule has 0 bridgehead atoms. The van der Waals surface area contributed by atoms with Gasteiger partial charge < -0.3 is 14.8 Å². The molecule has 0 aliphatic heterocycles. The van der Waals surface area contributed by atoms with Gasteiger partial charge in [0.1, 0.15) is 11.6 Å². The maximum atomic E-state index is 13.5. The molecule has 20 heavy (non-hydrogen) atoms. The summed E-state index contributed by atoms with van der Waals surface area (Å²) >= 11 is 0. The number of methoxy groups -OCH3 is 2. The molecule has 0 amide bonds. The van der Waals surface area contributed by atoms with Gasteiger partial charge in [0, 0.05) is 23.9 Å². The van der Waals surface area contributed by atoms with Crippen LogP contribution in [0.3, 0.4) is 0 Å². The Morgan fingerprint density at radius 3 is 2.20 bits per heavy atom. The van der Waals surface area contributed by atoms with Crippen molar-refractivity contribution in [2.75, 3.05) is 19.5 Å². The molecule has 0 heterocycles. The Bertz CT molecular complexity index is 582. The molecule has 2 rings (SSSR count). The fourth-order valence-electron chi connectivity index (χ4n) is 1.84. The lowest BCUT2D eigenvalue weighted by molar-refractivity contribution is 0.355. The quantitative estimate of drug-likeness (QED) is 0.907. The van der Waals surface area contributed by atoms with Crippen molar-refractivity contribution in [2.24, 2.45) is 0 Å². The van der Waals surface area contributed by atoms with Crippen LogP contribution < -0.4 is 14.8 Å². The van der Waals surface area contributed by atoms with Crippen molar-refractivity contribution in [3.63, 3.8) is 0 Å². The van der Waals surface area contributed by atoms with Gasteiger partial charge in [-0.1, -0.05) is 6.07 Å². The molecule has 3 nitrogen and oxygen atoms in total. The summed E-state index contributed by atoms with van der Waals surface area (Å²) in [6.07, 6.45) is 0. The van der Waals surface area contributed by atoms with Crippen LogP contribution >= 0.6 is 0 Å². The average molecular weight is 279 g/mol. The van der Waals surface area contributed by atoms with E-state index in [2.05, 4.69) is 5.32 Å². The second-order valence-electron chi connectivity index (χ2n) is 4.12. The first-order valence-electron chi connectivity index (χ1n) is 6.04. The Morgan fingerprint density at radius 2 is 1.60 bits per heavy atom. The molecule has 0 saturated carbocycles. The SMILES string of the molecule is COc1ccc(NCc2c(F)cccc2F)cc1OC. The number of ether oxygens (including phenoxy) is 2. The summed E-state index contributed by atoms with van der Waals surface area (Å²) in [4.78, 5) is 0. The second kappa shape index (κ2) is 6.23. The highest BCUT2D eigenvalue weighted by Crippen LogP contribution is 2.30. The van der Waals surface area contributed by atoms with E-state index in [1.807, 2.05) is 0 Å². The van der Waals surface area contributed by atoms with Gasteiger partial charge in [-0.3, -0.25) is 0 Å². The first kappa shape index (κ1) is 14.1. The normalized spacial score (nSPS) is 10.2. The molecule has 0 spiro atoms. The van der Waals surface area contributed by atoms with Gasteiger partial charge in [0.15, 0.2) is 11.5 Å². The van der Waals surface area contributed by atoms with E-state index in [0.717, 1.165) is 0 Å². The van der Waals surface area contributed by atoms with Crippen LogP contribution in [0.5, 0.6) is 11.5 Å². The van der Waals surface area contributed by atoms with Crippen LogP contribution in [0.1, 0.15) is 5.56 Å². The average Bonchev–Trinajstić information content (AvgIpc) is 2.46. The summed E-state index contributed by atoms with van der Waals surface area (Å²) < 4.78 is 37.3. The Balaban J connectivity index is 2.15. The third kappa shape index (κ3) is 2.99. The van der Waals surface area contributed by atoms with Gasteiger partial charge in [0.2, 0.25) is 0 Å². The van der Waals surface area contributed by atoms with Crippen LogP contribution in [0.15, 0.2) is 36.4 Å². The number of hydrogen-bond acceptors (Lipinski definition) is 3. The predicted molar refractivity (Wildman–Crippen MR) is 73.2 cm³/mol. The van der Waals surface area contributed by atoms with Gasteiger partial charge in [0.05, 0.1) is 14.2 Å². The van der Waals surface area contributed by atoms with Gasteiger partial charge in [-0.05, 0) is 24.3 Å². The molecule has 0 aliphatic carbocycles. The third-order valence-corrected chi connectivity index (χ3v) is 2.91. The minimum Gasteiger partial charge on any atom is -0.493 e. The van der Waals surface area contributed by atoms with E-state index >= 15 is 0 Å². The molecular formula is C15H15F2NO2. The first-order valence-corrected chi connectivity index (χ1v) is 6.04. The highest BCUT2D eigenvalue weighted by Gasteiger charge is 2.09. The molecule has 1 N–H and O–H groups in total. The monoisotopic (exact) mass is 279 g/mol. The number of benzene rings is 2. The zero-order valence-corrected chi connectivity index (χ0v) is 11.2. The van der Waals surface area contributed by atoms with Crippen molar-refractivity contribution in [3.8, 4) is 11.5 Å². The maximum Gasteiger partial charge on any atom is 0.162 e. The Labute approximate surface area is 116 Å². The van der Waals surface area contributed by atoms with Gasteiger partial charge in [0.25, 0.3) is 0 Å². The van der Waals surface area contributed by atoms with E-state index < -0.39 is 11.6 Å². The highest BCUT2D eigenvalue weighted by atomic mass is 19.1. The van der Waals surface area contributed by atoms with E-state index in [-0.39, 0.29) is 12.1 Å². The molecular weight excluding hydrogens is 264 g/mol. The third-order valence-electron chi connectivity index (χ3n) is 2.91. The Morgan fingerprint density at radius 1 is 0.950 bits per heavy atom. The summed E-state index contributed by atoms with van der Waals surface area (Å²) in [5, 5.41) is 2.95. The summed E-state index contributed by atoms with van der Waals surface area (Å²) in [5.41, 5.74) is 0.688. The smallest absolute Gasteiger partial charge is 0.162 e. The zero-order valence-electron chi connectivity index (χ0n) is 11.2. The molecule has 2 aromatic rings. The lowest BCUT2D eigenvalue weighted by Crippen LogP contribution is -2.04. The fourth-order valence-corrected chi connectivity index (χ4v) is 1.84. The van der Waals surface area contributed by atoms with Crippen molar-refractivity contribution in [2.45, 2.75) is 6.54 Å². The molecule has 2 aromatic carbocycles. The largest absolute Gasteiger partial charge is 0.493 e. The summed E-state index contributed by atoms with van der Waals surface area (Å²) in [7, 11) is 3.07. The first-order chi connectivity index (χ1) is 9.65. The maximum absolute atomic E-state index is 13.5. The summed E-state index contributed by atoms with van der Waals surface area (Å²) in [6, 6.07) is 8.98. The Hall–Kier alpha value is -2.30. The number of halogens is 2. The van der Waals surface area contributed by atoms with Crippen LogP contribution in [0, 0.1) is 11.6 Å². The van der Waals surface area contributed by atoms with Crippen LogP contribution in [0.4, 0.5) is 14.5 Å². The molecule has 106 valence electrons.